The third kappa shape index (κ3) is 3.00. The van der Waals surface area contributed by atoms with Crippen LogP contribution in [-0.4, -0.2) is 20.9 Å². The Morgan fingerprint density at radius 1 is 1.26 bits per heavy atom. The first-order valence-electron chi connectivity index (χ1n) is 4.82. The number of hydrogen-bond donors (Lipinski definition) is 3. The number of benzene rings is 1. The van der Waals surface area contributed by atoms with E-state index in [2.05, 4.69) is 4.52 Å². The maximum atomic E-state index is 11.2. The molecule has 0 bridgehead atoms. The minimum atomic E-state index is -4.74. The molecule has 100 valence electrons. The van der Waals surface area contributed by atoms with E-state index < -0.39 is 19.4 Å². The number of aromatic carboxylic acids is 1. The Balaban J connectivity index is 2.64. The first kappa shape index (κ1) is 13.3. The van der Waals surface area contributed by atoms with Gasteiger partial charge in [0.15, 0.2) is 0 Å². The average Bonchev–Trinajstić information content (AvgIpc) is 2.24. The lowest BCUT2D eigenvalue weighted by Gasteiger charge is -2.07. The highest BCUT2D eigenvalue weighted by Gasteiger charge is 2.18. The molecule has 2 rings (SSSR count). The number of phosphoric acid groups is 1. The van der Waals surface area contributed by atoms with E-state index in [0.717, 1.165) is 18.2 Å². The highest BCUT2D eigenvalue weighted by molar-refractivity contribution is 7.46. The molecule has 0 saturated heterocycles. The first-order chi connectivity index (χ1) is 8.76. The van der Waals surface area contributed by atoms with Crippen molar-refractivity contribution in [3.63, 3.8) is 0 Å². The molecule has 0 aliphatic heterocycles. The maximum Gasteiger partial charge on any atom is 0.524 e. The summed E-state index contributed by atoms with van der Waals surface area (Å²) in [6.07, 6.45) is 0. The predicted molar refractivity (Wildman–Crippen MR) is 62.1 cm³/mol. The molecule has 0 aliphatic rings. The fraction of sp³-hybridized carbons (Fsp3) is 0. The van der Waals surface area contributed by atoms with Gasteiger partial charge in [0.1, 0.15) is 11.3 Å². The average molecular weight is 286 g/mol. The standard InChI is InChI=1S/C10H7O8P/c11-9-4-7(10(12)13)6-2-1-5(3-8(6)17-9)18-19(14,15)16/h1-4H,(H,12,13)(H2,14,15,16). The second kappa shape index (κ2) is 4.51. The summed E-state index contributed by atoms with van der Waals surface area (Å²) in [5, 5.41) is 9.04. The van der Waals surface area contributed by atoms with Crippen molar-refractivity contribution in [1.82, 2.24) is 0 Å². The monoisotopic (exact) mass is 286 g/mol. The van der Waals surface area contributed by atoms with Gasteiger partial charge in [0.25, 0.3) is 0 Å². The lowest BCUT2D eigenvalue weighted by molar-refractivity contribution is 0.0698. The molecule has 1 heterocycles. The Morgan fingerprint density at radius 2 is 1.95 bits per heavy atom. The van der Waals surface area contributed by atoms with Gasteiger partial charge in [0.2, 0.25) is 0 Å². The zero-order valence-electron chi connectivity index (χ0n) is 9.14. The molecule has 0 radical (unpaired) electrons. The summed E-state index contributed by atoms with van der Waals surface area (Å²) in [6, 6.07) is 4.23. The highest BCUT2D eigenvalue weighted by atomic mass is 31.2. The summed E-state index contributed by atoms with van der Waals surface area (Å²) in [5.41, 5.74) is -1.30. The molecular weight excluding hydrogens is 279 g/mol. The Hall–Kier alpha value is -2.15. The number of hydrogen-bond acceptors (Lipinski definition) is 5. The van der Waals surface area contributed by atoms with Crippen LogP contribution < -0.4 is 10.1 Å². The minimum absolute atomic E-state index is 0.116. The molecule has 3 N–H and O–H groups in total. The number of fused-ring (bicyclic) bond motifs is 1. The fourth-order valence-electron chi connectivity index (χ4n) is 1.51. The summed E-state index contributed by atoms with van der Waals surface area (Å²) >= 11 is 0. The number of carbonyl (C=O) groups is 1. The van der Waals surface area contributed by atoms with Crippen LogP contribution in [0.4, 0.5) is 0 Å². The fourth-order valence-corrected chi connectivity index (χ4v) is 1.90. The van der Waals surface area contributed by atoms with Crippen LogP contribution in [0.15, 0.2) is 33.5 Å². The van der Waals surface area contributed by atoms with Gasteiger partial charge in [-0.3, -0.25) is 9.79 Å². The normalized spacial score (nSPS) is 11.5. The number of carboxylic acid groups (broad SMARTS) is 1. The van der Waals surface area contributed by atoms with Crippen molar-refractivity contribution >= 4 is 24.8 Å². The van der Waals surface area contributed by atoms with E-state index in [4.69, 9.17) is 19.3 Å². The van der Waals surface area contributed by atoms with E-state index in [1.165, 1.54) is 6.07 Å². The van der Waals surface area contributed by atoms with E-state index >= 15 is 0 Å². The van der Waals surface area contributed by atoms with Crippen LogP contribution in [-0.2, 0) is 4.57 Å². The van der Waals surface area contributed by atoms with Crippen LogP contribution in [0, 0.1) is 0 Å². The minimum Gasteiger partial charge on any atom is -0.478 e. The maximum absolute atomic E-state index is 11.2. The van der Waals surface area contributed by atoms with Crippen LogP contribution in [0.5, 0.6) is 5.75 Å². The van der Waals surface area contributed by atoms with E-state index in [9.17, 15) is 14.2 Å². The Labute approximate surface area is 105 Å². The third-order valence-corrected chi connectivity index (χ3v) is 2.62. The molecule has 0 fully saturated rings. The summed E-state index contributed by atoms with van der Waals surface area (Å²) in [5.74, 6) is -1.56. The van der Waals surface area contributed by atoms with Crippen molar-refractivity contribution in [3.05, 3.63) is 40.2 Å². The summed E-state index contributed by atoms with van der Waals surface area (Å²) in [4.78, 5) is 39.4. The quantitative estimate of drug-likeness (QED) is 0.561. The van der Waals surface area contributed by atoms with Crippen LogP contribution in [0.3, 0.4) is 0 Å². The highest BCUT2D eigenvalue weighted by Crippen LogP contribution is 2.38. The topological polar surface area (TPSA) is 134 Å². The molecule has 8 nitrogen and oxygen atoms in total. The summed E-state index contributed by atoms with van der Waals surface area (Å²) < 4.78 is 19.7. The molecular formula is C10H7O8P. The molecule has 0 aliphatic carbocycles. The van der Waals surface area contributed by atoms with Gasteiger partial charge in [-0.2, -0.15) is 0 Å². The molecule has 2 aromatic rings. The van der Waals surface area contributed by atoms with Gasteiger partial charge in [0, 0.05) is 17.5 Å². The van der Waals surface area contributed by atoms with Gasteiger partial charge in [-0.15, -0.1) is 0 Å². The summed E-state index contributed by atoms with van der Waals surface area (Å²) in [7, 11) is -4.74. The predicted octanol–water partition coefficient (Wildman–Crippen LogP) is 0.963. The largest absolute Gasteiger partial charge is 0.524 e. The Morgan fingerprint density at radius 3 is 2.53 bits per heavy atom. The van der Waals surface area contributed by atoms with Crippen molar-refractivity contribution in [2.75, 3.05) is 0 Å². The van der Waals surface area contributed by atoms with Gasteiger partial charge >= 0.3 is 19.4 Å². The van der Waals surface area contributed by atoms with Gasteiger partial charge in [-0.1, -0.05) is 0 Å². The molecule has 1 aromatic carbocycles. The molecule has 0 atom stereocenters. The number of phosphoric ester groups is 1. The van der Waals surface area contributed by atoms with Crippen molar-refractivity contribution in [3.8, 4) is 5.75 Å². The Kier molecular flexibility index (Phi) is 3.15. The second-order valence-electron chi connectivity index (χ2n) is 3.52. The van der Waals surface area contributed by atoms with Crippen molar-refractivity contribution in [1.29, 1.82) is 0 Å². The zero-order valence-corrected chi connectivity index (χ0v) is 10.0. The van der Waals surface area contributed by atoms with Crippen LogP contribution in [0.1, 0.15) is 10.4 Å². The van der Waals surface area contributed by atoms with E-state index in [0.29, 0.717) is 0 Å². The van der Waals surface area contributed by atoms with Crippen LogP contribution in [0.2, 0.25) is 0 Å². The molecule has 0 saturated carbocycles. The molecule has 9 heteroatoms. The first-order valence-corrected chi connectivity index (χ1v) is 6.36. The molecule has 0 amide bonds. The van der Waals surface area contributed by atoms with Gasteiger partial charge in [-0.05, 0) is 12.1 Å². The second-order valence-corrected chi connectivity index (χ2v) is 4.69. The lowest BCUT2D eigenvalue weighted by atomic mass is 10.1. The van der Waals surface area contributed by atoms with Gasteiger partial charge < -0.3 is 14.0 Å². The van der Waals surface area contributed by atoms with E-state index in [-0.39, 0.29) is 22.3 Å². The number of rotatable bonds is 3. The van der Waals surface area contributed by atoms with Gasteiger partial charge in [0.05, 0.1) is 5.56 Å². The zero-order chi connectivity index (χ0) is 14.2. The van der Waals surface area contributed by atoms with Crippen molar-refractivity contribution < 1.29 is 33.2 Å². The van der Waals surface area contributed by atoms with Crippen molar-refractivity contribution in [2.45, 2.75) is 0 Å². The smallest absolute Gasteiger partial charge is 0.478 e. The third-order valence-electron chi connectivity index (χ3n) is 2.17. The van der Waals surface area contributed by atoms with Crippen molar-refractivity contribution in [2.24, 2.45) is 0 Å². The Bertz CT molecular complexity index is 756. The van der Waals surface area contributed by atoms with E-state index in [1.54, 1.807) is 0 Å². The number of carboxylic acids is 1. The molecule has 0 spiro atoms. The summed E-state index contributed by atoms with van der Waals surface area (Å²) in [6.45, 7) is 0. The SMILES string of the molecule is O=C(O)c1cc(=O)oc2cc(OP(=O)(O)O)ccc12. The van der Waals surface area contributed by atoms with Crippen LogP contribution >= 0.6 is 7.82 Å². The van der Waals surface area contributed by atoms with Gasteiger partial charge in [-0.25, -0.2) is 14.2 Å². The molecule has 0 unspecified atom stereocenters. The molecule has 19 heavy (non-hydrogen) atoms. The molecule has 1 aromatic heterocycles. The van der Waals surface area contributed by atoms with Crippen LogP contribution in [0.25, 0.3) is 11.0 Å². The lowest BCUT2D eigenvalue weighted by Crippen LogP contribution is -2.05. The van der Waals surface area contributed by atoms with E-state index in [1.807, 2.05) is 0 Å².